The van der Waals surface area contributed by atoms with Gasteiger partial charge >= 0.3 is 11.9 Å². The number of phenols is 1. The predicted octanol–water partition coefficient (Wildman–Crippen LogP) is -3.79. The van der Waals surface area contributed by atoms with Crippen LogP contribution in [0.15, 0.2) is 85.1 Å². The summed E-state index contributed by atoms with van der Waals surface area (Å²) >= 11 is 8.54. The van der Waals surface area contributed by atoms with Gasteiger partial charge in [-0.15, -0.1) is 0 Å². The quantitative estimate of drug-likeness (QED) is 0.0149. The number of aromatic hydroxyl groups is 1. The van der Waals surface area contributed by atoms with Crippen molar-refractivity contribution in [3.8, 4) is 5.75 Å². The summed E-state index contributed by atoms with van der Waals surface area (Å²) in [6.45, 7) is 6.17. The molecule has 106 heavy (non-hydrogen) atoms. The third kappa shape index (κ3) is 29.6. The number of nitrogens with one attached hydrogen (secondary N) is 13. The number of carbonyl (C=O) groups excluding carboxylic acids is 13. The minimum atomic E-state index is -1.91. The number of carboxylic acid groups (broad SMARTS) is 2. The molecule has 4 rings (SSSR count). The number of phenolic OH excluding ortho intramolecular Hbond substituents is 1. The molecule has 0 bridgehead atoms. The largest absolute Gasteiger partial charge is 0.508 e. The van der Waals surface area contributed by atoms with Crippen LogP contribution in [0.2, 0.25) is 0 Å². The topological polar surface area (TPSA) is 575 Å². The highest BCUT2D eigenvalue weighted by Crippen LogP contribution is 2.21. The van der Waals surface area contributed by atoms with Gasteiger partial charge in [-0.25, -0.2) is 4.79 Å². The molecule has 23 N–H and O–H groups in total. The summed E-state index contributed by atoms with van der Waals surface area (Å²) in [6.07, 6.45) is -0.949. The van der Waals surface area contributed by atoms with Crippen LogP contribution in [0.3, 0.4) is 0 Å². The van der Waals surface area contributed by atoms with Crippen LogP contribution in [0.5, 0.6) is 5.75 Å². The number of aromatic nitrogens is 1. The zero-order chi connectivity index (χ0) is 78.9. The number of primary amides is 1. The van der Waals surface area contributed by atoms with E-state index in [1.54, 1.807) is 88.5 Å². The van der Waals surface area contributed by atoms with E-state index in [4.69, 9.17) is 17.2 Å². The van der Waals surface area contributed by atoms with Crippen molar-refractivity contribution in [1.29, 1.82) is 0 Å². The molecule has 0 saturated heterocycles. The van der Waals surface area contributed by atoms with Crippen molar-refractivity contribution in [2.75, 3.05) is 31.2 Å². The molecule has 4 aromatic rings. The number of rotatable bonds is 46. The lowest BCUT2D eigenvalue weighted by Gasteiger charge is -2.28. The van der Waals surface area contributed by atoms with E-state index in [-0.39, 0.29) is 62.5 Å². The van der Waals surface area contributed by atoms with Gasteiger partial charge < -0.3 is 106 Å². The van der Waals surface area contributed by atoms with Crippen molar-refractivity contribution >= 4 is 125 Å². The van der Waals surface area contributed by atoms with Crippen molar-refractivity contribution < 1.29 is 92.3 Å². The molecule has 0 aliphatic heterocycles. The number of carboxylic acids is 2. The maximum atomic E-state index is 15.1. The molecule has 0 radical (unpaired) electrons. The second kappa shape index (κ2) is 44.4. The molecule has 13 amide bonds. The number of fused-ring (bicyclic) bond motifs is 1. The number of aliphatic carboxylic acids is 2. The van der Waals surface area contributed by atoms with Gasteiger partial charge in [0.25, 0.3) is 0 Å². The van der Waals surface area contributed by atoms with Gasteiger partial charge in [0, 0.05) is 54.3 Å². The first-order chi connectivity index (χ1) is 50.2. The first-order valence-electron chi connectivity index (χ1n) is 34.2. The van der Waals surface area contributed by atoms with Crippen LogP contribution in [0.4, 0.5) is 0 Å². The van der Waals surface area contributed by atoms with Gasteiger partial charge in [-0.2, -0.15) is 25.3 Å². The van der Waals surface area contributed by atoms with Crippen molar-refractivity contribution in [2.24, 2.45) is 29.0 Å². The summed E-state index contributed by atoms with van der Waals surface area (Å²) in [5.74, 6) is -17.6. The van der Waals surface area contributed by atoms with Crippen LogP contribution >= 0.6 is 25.3 Å². The fourth-order valence-electron chi connectivity index (χ4n) is 10.7. The molecule has 0 fully saturated rings. The molecule has 0 aliphatic carbocycles. The Morgan fingerprint density at radius 3 is 1.43 bits per heavy atom. The summed E-state index contributed by atoms with van der Waals surface area (Å²) in [5, 5.41) is 70.2. The lowest BCUT2D eigenvalue weighted by molar-refractivity contribution is -0.143. The Bertz CT molecular complexity index is 3700. The number of H-pyrrole nitrogens is 1. The van der Waals surface area contributed by atoms with E-state index in [9.17, 15) is 82.8 Å². The van der Waals surface area contributed by atoms with E-state index in [2.05, 4.69) is 94.0 Å². The number of hydrogen-bond acceptors (Lipinski definition) is 21. The molecule has 0 spiro atoms. The highest BCUT2D eigenvalue weighted by Gasteiger charge is 2.38. The smallest absolute Gasteiger partial charge is 0.326 e. The van der Waals surface area contributed by atoms with Gasteiger partial charge in [0.15, 0.2) is 0 Å². The Kier molecular flexibility index (Phi) is 36.9. The van der Waals surface area contributed by atoms with Crippen LogP contribution < -0.4 is 81.0 Å². The summed E-state index contributed by atoms with van der Waals surface area (Å²) in [4.78, 5) is 207. The summed E-state index contributed by atoms with van der Waals surface area (Å²) in [7, 11) is 0. The first kappa shape index (κ1) is 88.0. The van der Waals surface area contributed by atoms with Gasteiger partial charge in [-0.1, -0.05) is 88.4 Å². The van der Waals surface area contributed by atoms with E-state index >= 15 is 9.59 Å². The van der Waals surface area contributed by atoms with Crippen molar-refractivity contribution in [1.82, 2.24) is 68.8 Å². The number of amides is 13. The number of thiol groups is 2. The van der Waals surface area contributed by atoms with E-state index in [0.29, 0.717) is 34.0 Å². The summed E-state index contributed by atoms with van der Waals surface area (Å²) in [5.41, 5.74) is 18.8. The monoisotopic (exact) mass is 1520 g/mol. The lowest BCUT2D eigenvalue weighted by atomic mass is 10.0. The fraction of sp³-hybridized carbons (Fsp3) is 0.493. The maximum Gasteiger partial charge on any atom is 0.326 e. The number of benzene rings is 3. The van der Waals surface area contributed by atoms with Gasteiger partial charge in [0.2, 0.25) is 76.8 Å². The van der Waals surface area contributed by atoms with Crippen molar-refractivity contribution in [2.45, 2.75) is 171 Å². The number of aliphatic hydroxyl groups excluding tert-OH is 1. The highest BCUT2D eigenvalue weighted by atomic mass is 32.1. The molecule has 0 saturated carbocycles. The Hall–Kier alpha value is -10.4. The molecule has 3 aromatic carbocycles. The number of hydrogen-bond donors (Lipinski definition) is 22. The van der Waals surface area contributed by atoms with Crippen LogP contribution in [0.25, 0.3) is 10.9 Å². The highest BCUT2D eigenvalue weighted by molar-refractivity contribution is 7.80. The van der Waals surface area contributed by atoms with E-state index < -0.39 is 205 Å². The van der Waals surface area contributed by atoms with Crippen molar-refractivity contribution in [3.05, 3.63) is 102 Å². The molecule has 37 heteroatoms. The second-order valence-electron chi connectivity index (χ2n) is 25.9. The van der Waals surface area contributed by atoms with Gasteiger partial charge in [0.1, 0.15) is 72.2 Å². The Morgan fingerprint density at radius 1 is 0.491 bits per heavy atom. The molecule has 580 valence electrons. The third-order valence-electron chi connectivity index (χ3n) is 16.4. The van der Waals surface area contributed by atoms with E-state index in [1.807, 2.05) is 0 Å². The van der Waals surface area contributed by atoms with Crippen molar-refractivity contribution in [3.63, 3.8) is 0 Å². The molecule has 35 nitrogen and oxygen atoms in total. The number of unbranched alkanes of at least 4 members (excludes halogenated alkanes) is 1. The minimum Gasteiger partial charge on any atom is -0.508 e. The number of aliphatic hydroxyl groups is 1. The van der Waals surface area contributed by atoms with Gasteiger partial charge in [-0.3, -0.25) is 67.1 Å². The molecule has 0 aliphatic rings. The predicted molar refractivity (Wildman–Crippen MR) is 392 cm³/mol. The Morgan fingerprint density at radius 2 is 0.934 bits per heavy atom. The SMILES string of the molecule is CC(C)C[C@H](NC(=O)[C@H](CC(N)=O)NC(=O)CNC(=O)[C@H](C)N)C(=O)N[C@@H](CO)C(=O)N[C@@H](CCC(=O)O)C(=O)N[C@@H](CS)C(=O)N[C@@H](Cc1ccccc1)C(=O)N[C@@H](Cc1c[nH]c2ccccc12)C(=O)N[C@@H](CCCCN)C(=O)N[C@@H](Cc1ccc(O)cc1)C(=O)N[C@@H](CS)C(=O)N[C@H](C(=O)O)C(C)C. The lowest BCUT2D eigenvalue weighted by Crippen LogP contribution is -2.62. The van der Waals surface area contributed by atoms with Crippen LogP contribution in [-0.2, 0) is 91.2 Å². The first-order valence-corrected chi connectivity index (χ1v) is 35.4. The third-order valence-corrected chi connectivity index (χ3v) is 17.2. The number of carbonyl (C=O) groups is 15. The number of nitrogens with two attached hydrogens (primary N) is 3. The molecule has 0 unspecified atom stereocenters. The minimum absolute atomic E-state index is 0.0826. The van der Waals surface area contributed by atoms with E-state index in [0.717, 1.165) is 0 Å². The fourth-order valence-corrected chi connectivity index (χ4v) is 11.2. The molecular formula is C69H98N16O19S2. The average Bonchev–Trinajstić information content (AvgIpc) is 1.65. The zero-order valence-electron chi connectivity index (χ0n) is 59.3. The van der Waals surface area contributed by atoms with Crippen LogP contribution in [-0.4, -0.2) is 218 Å². The number of aromatic amines is 1. The molecule has 12 atom stereocenters. The van der Waals surface area contributed by atoms with Gasteiger partial charge in [0.05, 0.1) is 25.6 Å². The molecule has 1 heterocycles. The Labute approximate surface area is 622 Å². The standard InChI is InChI=1S/C69H98N16O19S2/c1-35(2)25-46(78-65(99)50(29-54(72)88)75-55(89)31-74-58(92)37(5)71)61(95)82-51(32-86)66(100)77-45(22-23-56(90)91)60(94)83-52(33-105)67(101)80-47(26-38-13-7-6-8-14-38)62(96)81-49(28-40-30-73-43-16-10-9-15-42(40)43)64(98)76-44(17-11-12-24-70)59(93)79-48(27-39-18-20-41(87)21-19-39)63(97)84-53(34-106)68(102)85-57(36(3)4)69(103)104/h6-10,13-16,18-21,30,35-37,44-53,57,73,86-87,105-106H,11-12,17,22-29,31-34,70-71H2,1-5H3,(H2,72,88)(H,74,92)(H,75,89)(H,76,98)(H,77,100)(H,78,99)(H,79,93)(H,80,101)(H,81,96)(H,82,95)(H,83,94)(H,84,97)(H,85,102)(H,90,91)(H,103,104)/t37-,44-,45-,46-,47-,48-,49-,50-,51-,52-,53-,57-/m0/s1. The number of para-hydroxylation sites is 1. The summed E-state index contributed by atoms with van der Waals surface area (Å²) < 4.78 is 0. The van der Waals surface area contributed by atoms with E-state index in [1.165, 1.54) is 31.2 Å². The maximum absolute atomic E-state index is 15.1. The molecule has 1 aromatic heterocycles. The van der Waals surface area contributed by atoms with Crippen LogP contribution in [0, 0.1) is 11.8 Å². The van der Waals surface area contributed by atoms with Crippen LogP contribution in [0.1, 0.15) is 96.3 Å². The molecular weight excluding hydrogens is 1420 g/mol. The van der Waals surface area contributed by atoms with Gasteiger partial charge in [-0.05, 0) is 92.3 Å². The second-order valence-corrected chi connectivity index (χ2v) is 26.7. The normalized spacial score (nSPS) is 14.6. The Balaban J connectivity index is 1.65. The summed E-state index contributed by atoms with van der Waals surface area (Å²) in [6, 6.07) is 2.44. The zero-order valence-corrected chi connectivity index (χ0v) is 61.1. The average molecular weight is 1520 g/mol.